The summed E-state index contributed by atoms with van der Waals surface area (Å²) in [4.78, 5) is 18.4. The number of carbonyl (C=O) groups excluding carboxylic acids is 1. The summed E-state index contributed by atoms with van der Waals surface area (Å²) in [5.74, 6) is 0.107. The first-order valence-electron chi connectivity index (χ1n) is 3.10. The minimum atomic E-state index is -0.370. The van der Waals surface area contributed by atoms with Gasteiger partial charge in [-0.1, -0.05) is 0 Å². The second-order valence-electron chi connectivity index (χ2n) is 2.02. The Hall–Kier alpha value is 0.706. The molecule has 1 radical (unpaired) electrons. The van der Waals surface area contributed by atoms with Crippen LogP contribution in [0.5, 0.6) is 0 Å². The molecule has 0 aliphatic rings. The topological polar surface area (TPSA) is 53.3 Å². The number of carbonyl (C=O) groups is 1. The normalized spacial score (nSPS) is 7.85. The Morgan fingerprint density at radius 3 is 2.69 bits per heavy atom. The van der Waals surface area contributed by atoms with E-state index in [1.807, 2.05) is 0 Å². The van der Waals surface area contributed by atoms with Crippen LogP contribution in [-0.4, -0.2) is 18.1 Å². The van der Waals surface area contributed by atoms with Gasteiger partial charge in [-0.05, 0) is 0 Å². The van der Waals surface area contributed by atoms with Crippen LogP contribution in [0.4, 0.5) is 0 Å². The van der Waals surface area contributed by atoms with E-state index in [2.05, 4.69) is 14.7 Å². The third-order valence-corrected chi connectivity index (χ3v) is 1.34. The van der Waals surface area contributed by atoms with Gasteiger partial charge in [-0.15, -0.1) is 19.2 Å². The molecule has 0 amide bonds. The first-order chi connectivity index (χ1) is 5.25. The fourth-order valence-corrected chi connectivity index (χ4v) is 0.684. The van der Waals surface area contributed by atoms with Gasteiger partial charge in [-0.3, -0.25) is 4.79 Å². The van der Waals surface area contributed by atoms with Gasteiger partial charge in [-0.2, -0.15) is 0 Å². The average molecular weight is 479 g/mol. The van der Waals surface area contributed by atoms with Crippen molar-refractivity contribution in [2.75, 3.05) is 7.11 Å². The van der Waals surface area contributed by atoms with E-state index in [1.54, 1.807) is 6.92 Å². The smallest absolute Gasteiger partial charge is 0.250 e. The fourth-order valence-electron chi connectivity index (χ4n) is 0.684. The van der Waals surface area contributed by atoms with E-state index in [9.17, 15) is 4.79 Å². The van der Waals surface area contributed by atoms with E-state index in [0.29, 0.717) is 11.6 Å². The Morgan fingerprint density at radius 2 is 2.31 bits per heavy atom. The first kappa shape index (κ1) is 16.1. The van der Waals surface area contributed by atoms with Crippen molar-refractivity contribution in [3.63, 3.8) is 0 Å². The van der Waals surface area contributed by atoms with Gasteiger partial charge in [0.05, 0.1) is 7.11 Å². The maximum Gasteiger partial charge on any atom is 0.250 e. The Labute approximate surface area is 126 Å². The number of methoxy groups -OCH3 is 1. The molecule has 1 rings (SSSR count). The van der Waals surface area contributed by atoms with E-state index in [1.165, 1.54) is 19.6 Å². The summed E-state index contributed by atoms with van der Waals surface area (Å²) >= 11 is 0. The summed E-state index contributed by atoms with van der Waals surface area (Å²) in [6.07, 6.45) is 2.91. The summed E-state index contributed by atoms with van der Waals surface area (Å²) in [6.45, 7) is 1.65. The predicted octanol–water partition coefficient (Wildman–Crippen LogP) is 0.152. The van der Waals surface area contributed by atoms with E-state index < -0.39 is 0 Å². The van der Waals surface area contributed by atoms with Crippen LogP contribution in [0, 0.1) is 37.0 Å². The summed E-state index contributed by atoms with van der Waals surface area (Å²) in [5.41, 5.74) is 0.567. The Bertz CT molecular complexity index is 241. The number of nitrogens with zero attached hydrogens (tertiary/aromatic N) is 2. The summed E-state index contributed by atoms with van der Waals surface area (Å²) in [7, 11) is 1.34. The van der Waals surface area contributed by atoms with Gasteiger partial charge in [0.15, 0.2) is 0 Å². The second kappa shape index (κ2) is 8.05. The van der Waals surface area contributed by atoms with Crippen LogP contribution in [0.15, 0.2) is 12.5 Å². The summed E-state index contributed by atoms with van der Waals surface area (Å²) in [6, 6.07) is 0. The van der Waals surface area contributed by atoms with Gasteiger partial charge in [-0.25, -0.2) is 11.9 Å². The van der Waals surface area contributed by atoms with Crippen molar-refractivity contribution < 1.29 is 73.4 Å². The monoisotopic (exact) mass is 479 g/mol. The molecule has 13 heavy (non-hydrogen) atoms. The van der Waals surface area contributed by atoms with Crippen LogP contribution in [0.25, 0.3) is 0 Å². The molecule has 67 valence electrons. The number of hydrogen-bond acceptors (Lipinski definition) is 3. The largest absolute Gasteiger partial charge is 0.544 e. The van der Waals surface area contributed by atoms with Crippen molar-refractivity contribution in [3.05, 3.63) is 24.1 Å². The number of rotatable bonds is 2. The SMILES string of the molecule is COC(=O)[C-](C)c1c[n-]cn1.[U].[Y]. The molecule has 0 aliphatic heterocycles. The molecule has 0 saturated heterocycles. The number of aromatic nitrogens is 2. The number of esters is 1. The number of ether oxygens (including phenoxy) is 1. The van der Waals surface area contributed by atoms with Gasteiger partial charge < -0.3 is 14.7 Å². The van der Waals surface area contributed by atoms with Crippen molar-refractivity contribution in [1.29, 1.82) is 0 Å². The zero-order valence-electron chi connectivity index (χ0n) is 7.44. The summed E-state index contributed by atoms with van der Waals surface area (Å²) < 4.78 is 4.49. The van der Waals surface area contributed by atoms with Gasteiger partial charge in [0, 0.05) is 63.8 Å². The minimum Gasteiger partial charge on any atom is -0.544 e. The van der Waals surface area contributed by atoms with E-state index in [0.717, 1.165) is 0 Å². The third kappa shape index (κ3) is 4.65. The molecular weight excluding hydrogens is 471 g/mol. The van der Waals surface area contributed by atoms with Gasteiger partial charge in [0.2, 0.25) is 5.97 Å². The van der Waals surface area contributed by atoms with E-state index in [4.69, 9.17) is 0 Å². The number of hydrogen-bond donors (Lipinski definition) is 0. The molecule has 0 fully saturated rings. The van der Waals surface area contributed by atoms with Gasteiger partial charge in [0.1, 0.15) is 0 Å². The van der Waals surface area contributed by atoms with Gasteiger partial charge >= 0.3 is 0 Å². The molecular formula is C7H8N2O2UY-2. The number of imidazole rings is 1. The molecule has 0 atom stereocenters. The molecule has 0 aliphatic carbocycles. The molecule has 0 unspecified atom stereocenters. The quantitative estimate of drug-likeness (QED) is 0.448. The van der Waals surface area contributed by atoms with Crippen LogP contribution in [0.1, 0.15) is 12.6 Å². The minimum absolute atomic E-state index is 0. The molecule has 0 spiro atoms. The molecule has 0 bridgehead atoms. The fraction of sp³-hybridized carbons (Fsp3) is 0.286. The average Bonchev–Trinajstić information content (AvgIpc) is 2.53. The van der Waals surface area contributed by atoms with Crippen LogP contribution in [0.3, 0.4) is 0 Å². The molecule has 1 aromatic heterocycles. The van der Waals surface area contributed by atoms with E-state index in [-0.39, 0.29) is 69.8 Å². The molecule has 6 heteroatoms. The van der Waals surface area contributed by atoms with E-state index >= 15 is 0 Å². The maximum atomic E-state index is 10.9. The zero-order chi connectivity index (χ0) is 8.27. The van der Waals surface area contributed by atoms with Crippen molar-refractivity contribution in [1.82, 2.24) is 9.97 Å². The Morgan fingerprint density at radius 1 is 1.69 bits per heavy atom. The maximum absolute atomic E-state index is 10.9. The second-order valence-corrected chi connectivity index (χ2v) is 2.02. The van der Waals surface area contributed by atoms with Crippen LogP contribution in [0.2, 0.25) is 0 Å². The van der Waals surface area contributed by atoms with Crippen LogP contribution >= 0.6 is 0 Å². The molecule has 0 saturated carbocycles. The van der Waals surface area contributed by atoms with Crippen LogP contribution < -0.4 is 4.98 Å². The van der Waals surface area contributed by atoms with Gasteiger partial charge in [0.25, 0.3) is 0 Å². The van der Waals surface area contributed by atoms with Crippen LogP contribution in [-0.2, 0) is 42.2 Å². The molecule has 1 aromatic rings. The molecule has 4 nitrogen and oxygen atoms in total. The molecule has 0 aromatic carbocycles. The standard InChI is InChI=1S/C7H8N2O2.U.Y/c1-5(7(10)11-2)6-3-8-4-9-6;;/h3-4H,1-2H3;;/q-2;;. The van der Waals surface area contributed by atoms with Crippen molar-refractivity contribution in [2.45, 2.75) is 6.92 Å². The molecule has 1 heterocycles. The zero-order valence-corrected chi connectivity index (χ0v) is 14.4. The Kier molecular flexibility index (Phi) is 10.00. The van der Waals surface area contributed by atoms with Crippen molar-refractivity contribution in [2.24, 2.45) is 0 Å². The first-order valence-corrected chi connectivity index (χ1v) is 3.10. The van der Waals surface area contributed by atoms with Crippen molar-refractivity contribution >= 4 is 5.97 Å². The van der Waals surface area contributed by atoms with Crippen molar-refractivity contribution in [3.8, 4) is 0 Å². The molecule has 0 N–H and O–H groups in total. The third-order valence-electron chi connectivity index (χ3n) is 1.34. The Balaban J connectivity index is 0. The predicted molar refractivity (Wildman–Crippen MR) is 37.6 cm³/mol. The summed E-state index contributed by atoms with van der Waals surface area (Å²) in [5, 5.41) is 0.